The Morgan fingerprint density at radius 2 is 0.977 bits per heavy atom. The molecule has 43 heavy (non-hydrogen) atoms. The molecule has 3 rings (SSSR count). The molecule has 1 aliphatic rings. The van der Waals surface area contributed by atoms with Crippen LogP contribution in [-0.4, -0.2) is 45.4 Å². The van der Waals surface area contributed by atoms with E-state index in [1.807, 2.05) is 12.3 Å². The number of halogens is 2. The second-order valence-electron chi connectivity index (χ2n) is 15.8. The Morgan fingerprint density at radius 1 is 0.605 bits per heavy atom. The Balaban J connectivity index is 0.000000806. The van der Waals surface area contributed by atoms with Crippen molar-refractivity contribution in [3.8, 4) is 11.5 Å². The molecule has 3 radical (unpaired) electrons. The molecule has 4 nitrogen and oxygen atoms in total. The molecule has 2 N–H and O–H groups in total. The van der Waals surface area contributed by atoms with Crippen LogP contribution in [0.25, 0.3) is 0 Å². The summed E-state index contributed by atoms with van der Waals surface area (Å²) in [6.45, 7) is 26.0. The third-order valence-electron chi connectivity index (χ3n) is 7.83. The fraction of sp³-hybridized carbons (Fsp3) is 0.611. The van der Waals surface area contributed by atoms with Crippen molar-refractivity contribution >= 4 is 54.0 Å². The van der Waals surface area contributed by atoms with Crippen LogP contribution in [0.15, 0.2) is 33.2 Å². The first-order valence-electron chi connectivity index (χ1n) is 15.1. The maximum absolute atomic E-state index is 10.8. The van der Waals surface area contributed by atoms with Gasteiger partial charge < -0.3 is 5.11 Å². The van der Waals surface area contributed by atoms with Gasteiger partial charge in [-0.2, -0.15) is 0 Å². The topological polar surface area (TPSA) is 65.2 Å². The molecule has 0 amide bonds. The quantitative estimate of drug-likeness (QED) is 0.248. The Bertz CT molecular complexity index is 1240. The van der Waals surface area contributed by atoms with Crippen LogP contribution >= 0.6 is 24.8 Å². The summed E-state index contributed by atoms with van der Waals surface area (Å²) in [5.41, 5.74) is 6.08. The fourth-order valence-corrected chi connectivity index (χ4v) is 5.30. The molecule has 0 unspecified atom stereocenters. The summed E-state index contributed by atoms with van der Waals surface area (Å²) in [4.78, 5) is 4.78. The molecule has 2 aromatic carbocycles. The van der Waals surface area contributed by atoms with Crippen molar-refractivity contribution in [2.45, 2.75) is 143 Å². The molecule has 2 aromatic rings. The third-order valence-corrected chi connectivity index (χ3v) is 8.10. The van der Waals surface area contributed by atoms with E-state index in [0.717, 1.165) is 22.3 Å². The van der Waals surface area contributed by atoms with Crippen molar-refractivity contribution in [1.29, 1.82) is 0 Å². The normalized spacial score (nSPS) is 15.1. The molecule has 241 valence electrons. The van der Waals surface area contributed by atoms with Crippen LogP contribution in [0.3, 0.4) is 0 Å². The number of phenolic OH excluding ortho intramolecular Hbond substituents is 2. The van der Waals surface area contributed by atoms with E-state index in [4.69, 9.17) is 4.99 Å². The molecular weight excluding hydrogens is 636 g/mol. The minimum atomic E-state index is -0.0846. The largest absolute Gasteiger partial charge is 0.147 e. The minimum Gasteiger partial charge on any atom is -0.147 e. The van der Waals surface area contributed by atoms with Crippen LogP contribution in [0.2, 0.25) is 0 Å². The van der Waals surface area contributed by atoms with E-state index >= 15 is 0 Å². The van der Waals surface area contributed by atoms with Crippen molar-refractivity contribution in [2.24, 2.45) is 8.94 Å². The molecule has 1 fully saturated rings. The standard InChI is InChI=1S/C21H33NO.C15H22GeNO.2ClH/c1-20(2,3)16-12-15(14-22-17-10-8-7-9-11-17)19(23)18(13-16)21(4,5)6;1-14(2,3)11-7-10(9-17-16)13(18)12(8-11)15(4,5)6;;/h12-14,17,23H,7-11H2,1-6H3;7-9,18H,1-6H3;2*1H. The number of nitrogens with zero attached hydrogens (tertiary/aromatic N) is 2. The zero-order valence-electron chi connectivity index (χ0n) is 28.7. The van der Waals surface area contributed by atoms with Crippen LogP contribution in [0.4, 0.5) is 0 Å². The van der Waals surface area contributed by atoms with E-state index in [1.54, 1.807) is 23.0 Å². The summed E-state index contributed by atoms with van der Waals surface area (Å²) in [7, 11) is 0. The summed E-state index contributed by atoms with van der Waals surface area (Å²) in [6.07, 6.45) is 9.90. The van der Waals surface area contributed by atoms with E-state index in [1.165, 1.54) is 43.2 Å². The summed E-state index contributed by atoms with van der Waals surface area (Å²) in [6, 6.07) is 8.84. The summed E-state index contributed by atoms with van der Waals surface area (Å²) < 4.78 is 4.03. The van der Waals surface area contributed by atoms with E-state index in [9.17, 15) is 10.2 Å². The molecule has 0 bridgehead atoms. The second kappa shape index (κ2) is 16.2. The van der Waals surface area contributed by atoms with Crippen LogP contribution in [0.1, 0.15) is 149 Å². The van der Waals surface area contributed by atoms with Gasteiger partial charge in [-0.15, -0.1) is 24.8 Å². The number of hydrogen-bond acceptors (Lipinski definition) is 4. The van der Waals surface area contributed by atoms with Gasteiger partial charge in [0.15, 0.2) is 0 Å². The molecule has 0 atom stereocenters. The van der Waals surface area contributed by atoms with Gasteiger partial charge in [0.2, 0.25) is 0 Å². The van der Waals surface area contributed by atoms with E-state index in [-0.39, 0.29) is 46.5 Å². The van der Waals surface area contributed by atoms with Crippen molar-refractivity contribution in [2.75, 3.05) is 0 Å². The molecule has 0 saturated heterocycles. The average Bonchev–Trinajstić information content (AvgIpc) is 2.83. The molecule has 0 spiro atoms. The Morgan fingerprint density at radius 3 is 1.30 bits per heavy atom. The van der Waals surface area contributed by atoms with Gasteiger partial charge in [-0.1, -0.05) is 66.9 Å². The maximum Gasteiger partial charge on any atom is -0.147 e. The molecule has 1 aliphatic carbocycles. The number of aromatic hydroxyl groups is 2. The van der Waals surface area contributed by atoms with Gasteiger partial charge >= 0.3 is 119 Å². The zero-order chi connectivity index (χ0) is 31.4. The van der Waals surface area contributed by atoms with Crippen molar-refractivity contribution < 1.29 is 10.2 Å². The first-order chi connectivity index (χ1) is 18.7. The van der Waals surface area contributed by atoms with Crippen molar-refractivity contribution in [3.05, 3.63) is 57.6 Å². The van der Waals surface area contributed by atoms with Crippen molar-refractivity contribution in [3.63, 3.8) is 0 Å². The van der Waals surface area contributed by atoms with Gasteiger partial charge in [0.1, 0.15) is 5.75 Å². The predicted molar refractivity (Wildman–Crippen MR) is 193 cm³/mol. The Kier molecular flexibility index (Phi) is 15.6. The van der Waals surface area contributed by atoms with Gasteiger partial charge in [-0.25, -0.2) is 0 Å². The smallest absolute Gasteiger partial charge is 0.147 e. The Hall–Kier alpha value is -1.50. The number of hydrogen-bond donors (Lipinski definition) is 2. The molecule has 0 aromatic heterocycles. The number of benzene rings is 2. The third kappa shape index (κ3) is 12.1. The zero-order valence-corrected chi connectivity index (χ0v) is 32.4. The molecular formula is C36H57Cl2GeN2O2. The monoisotopic (exact) mass is 693 g/mol. The van der Waals surface area contributed by atoms with Gasteiger partial charge in [-0.3, -0.25) is 4.99 Å². The van der Waals surface area contributed by atoms with Crippen LogP contribution < -0.4 is 0 Å². The fourth-order valence-electron chi connectivity index (χ4n) is 5.01. The van der Waals surface area contributed by atoms with Crippen LogP contribution in [0.5, 0.6) is 11.5 Å². The first kappa shape index (κ1) is 41.5. The second-order valence-corrected chi connectivity index (χ2v) is 16.3. The SMILES string of the molecule is CC(C)(C)c1cc(C=NC2CCCCC2)c(O)c(C(C)(C)C)c1.CC(C)(C)c1cc(C=[N][Ge])c(O)c(C(C)(C)C)c1.Cl.Cl. The minimum absolute atomic E-state index is 0. The predicted octanol–water partition coefficient (Wildman–Crippen LogP) is 10.1. The van der Waals surface area contributed by atoms with Gasteiger partial charge in [0, 0.05) is 23.4 Å². The Labute approximate surface area is 283 Å². The summed E-state index contributed by atoms with van der Waals surface area (Å²) in [5, 5.41) is 21.1. The van der Waals surface area contributed by atoms with E-state index in [0.29, 0.717) is 17.5 Å². The van der Waals surface area contributed by atoms with Gasteiger partial charge in [0.25, 0.3) is 0 Å². The van der Waals surface area contributed by atoms with E-state index in [2.05, 4.69) is 105 Å². The van der Waals surface area contributed by atoms with Crippen molar-refractivity contribution in [1.82, 2.24) is 0 Å². The average molecular weight is 693 g/mol. The van der Waals surface area contributed by atoms with Gasteiger partial charge in [-0.05, 0) is 35.3 Å². The van der Waals surface area contributed by atoms with Crippen LogP contribution in [0, 0.1) is 0 Å². The molecule has 1 saturated carbocycles. The molecule has 0 aliphatic heterocycles. The van der Waals surface area contributed by atoms with Gasteiger partial charge in [0.05, 0.1) is 0 Å². The summed E-state index contributed by atoms with van der Waals surface area (Å²) >= 11 is 1.72. The molecule has 0 heterocycles. The number of phenols is 2. The first-order valence-corrected chi connectivity index (χ1v) is 16.1. The van der Waals surface area contributed by atoms with E-state index < -0.39 is 0 Å². The number of aliphatic imine (C=N–C) groups is 1. The summed E-state index contributed by atoms with van der Waals surface area (Å²) in [5.74, 6) is 0.742. The maximum atomic E-state index is 10.8. The number of rotatable bonds is 3. The van der Waals surface area contributed by atoms with Crippen LogP contribution in [-0.2, 0) is 21.7 Å². The molecule has 7 heteroatoms.